The number of halogens is 2. The van der Waals surface area contributed by atoms with E-state index in [4.69, 9.17) is 11.6 Å². The van der Waals surface area contributed by atoms with Gasteiger partial charge in [0.25, 0.3) is 0 Å². The highest BCUT2D eigenvalue weighted by Crippen LogP contribution is 2.23. The minimum absolute atomic E-state index is 0.0539. The number of carbonyl (C=O) groups excluding carboxylic acids is 1. The predicted molar refractivity (Wildman–Crippen MR) is 60.3 cm³/mol. The number of aldehydes is 1. The van der Waals surface area contributed by atoms with Crippen LogP contribution in [0.15, 0.2) is 23.8 Å². The van der Waals surface area contributed by atoms with E-state index >= 15 is 0 Å². The van der Waals surface area contributed by atoms with Crippen LogP contribution in [0.4, 0.5) is 4.39 Å². The first-order valence-electron chi connectivity index (χ1n) is 4.67. The molecule has 0 spiro atoms. The Kier molecular flexibility index (Phi) is 4.04. The highest BCUT2D eigenvalue weighted by Gasteiger charge is 2.07. The Bertz CT molecular complexity index is 376. The molecule has 0 aliphatic carbocycles. The molecule has 0 amide bonds. The third-order valence-corrected chi connectivity index (χ3v) is 2.44. The van der Waals surface area contributed by atoms with E-state index in [1.54, 1.807) is 6.07 Å². The second-order valence-corrected chi connectivity index (χ2v) is 3.96. The fourth-order valence-corrected chi connectivity index (χ4v) is 1.37. The molecule has 80 valence electrons. The Balaban J connectivity index is 3.22. The second-order valence-electron chi connectivity index (χ2n) is 3.55. The molecule has 0 saturated heterocycles. The molecule has 0 unspecified atom stereocenters. The van der Waals surface area contributed by atoms with Crippen molar-refractivity contribution < 1.29 is 9.18 Å². The van der Waals surface area contributed by atoms with Crippen molar-refractivity contribution >= 4 is 24.0 Å². The average Bonchev–Trinajstić information content (AvgIpc) is 2.17. The zero-order valence-electron chi connectivity index (χ0n) is 8.63. The van der Waals surface area contributed by atoms with Crippen LogP contribution in [-0.4, -0.2) is 6.29 Å². The topological polar surface area (TPSA) is 17.1 Å². The van der Waals surface area contributed by atoms with Crippen molar-refractivity contribution in [1.82, 2.24) is 0 Å². The molecule has 0 radical (unpaired) electrons. The third-order valence-electron chi connectivity index (χ3n) is 2.11. The van der Waals surface area contributed by atoms with Gasteiger partial charge in [0.15, 0.2) is 0 Å². The SMILES string of the molecule is CC(C)/C(C=O)=C\c1c(F)cccc1Cl. The van der Waals surface area contributed by atoms with Crippen molar-refractivity contribution in [3.05, 3.63) is 40.2 Å². The molecule has 0 N–H and O–H groups in total. The van der Waals surface area contributed by atoms with Crippen molar-refractivity contribution in [3.8, 4) is 0 Å². The summed E-state index contributed by atoms with van der Waals surface area (Å²) in [4.78, 5) is 10.7. The molecule has 0 fully saturated rings. The van der Waals surface area contributed by atoms with Gasteiger partial charge in [-0.05, 0) is 29.7 Å². The molecule has 15 heavy (non-hydrogen) atoms. The first-order valence-corrected chi connectivity index (χ1v) is 5.05. The molecule has 1 nitrogen and oxygen atoms in total. The van der Waals surface area contributed by atoms with Gasteiger partial charge in [-0.2, -0.15) is 0 Å². The fourth-order valence-electron chi connectivity index (χ4n) is 1.15. The van der Waals surface area contributed by atoms with E-state index in [0.717, 1.165) is 6.29 Å². The maximum atomic E-state index is 13.4. The Morgan fingerprint density at radius 3 is 2.60 bits per heavy atom. The van der Waals surface area contributed by atoms with E-state index < -0.39 is 5.82 Å². The molecule has 0 saturated carbocycles. The van der Waals surface area contributed by atoms with Crippen LogP contribution in [0.1, 0.15) is 19.4 Å². The largest absolute Gasteiger partial charge is 0.298 e. The van der Waals surface area contributed by atoms with Crippen LogP contribution in [0.5, 0.6) is 0 Å². The second kappa shape index (κ2) is 5.08. The fraction of sp³-hybridized carbons (Fsp3) is 0.250. The highest BCUT2D eigenvalue weighted by molar-refractivity contribution is 6.32. The van der Waals surface area contributed by atoms with Gasteiger partial charge in [-0.3, -0.25) is 4.79 Å². The lowest BCUT2D eigenvalue weighted by atomic mass is 10.0. The van der Waals surface area contributed by atoms with Gasteiger partial charge in [-0.1, -0.05) is 31.5 Å². The minimum atomic E-state index is -0.414. The zero-order chi connectivity index (χ0) is 11.4. The van der Waals surface area contributed by atoms with Gasteiger partial charge in [0.2, 0.25) is 0 Å². The van der Waals surface area contributed by atoms with Gasteiger partial charge in [-0.25, -0.2) is 4.39 Å². The number of carbonyl (C=O) groups is 1. The summed E-state index contributed by atoms with van der Waals surface area (Å²) in [5.74, 6) is -0.360. The van der Waals surface area contributed by atoms with Gasteiger partial charge >= 0.3 is 0 Å². The standard InChI is InChI=1S/C12H12ClFO/c1-8(2)9(7-15)6-10-11(13)4-3-5-12(10)14/h3-8H,1-2H3/b9-6-. The normalized spacial score (nSPS) is 11.9. The van der Waals surface area contributed by atoms with E-state index in [9.17, 15) is 9.18 Å². The summed E-state index contributed by atoms with van der Waals surface area (Å²) in [5, 5.41) is 0.315. The third kappa shape index (κ3) is 2.90. The van der Waals surface area contributed by atoms with E-state index in [2.05, 4.69) is 0 Å². The molecule has 1 rings (SSSR count). The lowest BCUT2D eigenvalue weighted by Crippen LogP contribution is -1.96. The number of hydrogen-bond donors (Lipinski definition) is 0. The first-order chi connectivity index (χ1) is 7.06. The van der Waals surface area contributed by atoms with Gasteiger partial charge in [0.05, 0.1) is 5.02 Å². The number of rotatable bonds is 3. The van der Waals surface area contributed by atoms with Gasteiger partial charge < -0.3 is 0 Å². The summed E-state index contributed by atoms with van der Waals surface area (Å²) in [6.07, 6.45) is 2.22. The Hall–Kier alpha value is -1.15. The maximum Gasteiger partial charge on any atom is 0.146 e. The molecule has 0 aliphatic heterocycles. The smallest absolute Gasteiger partial charge is 0.146 e. The number of benzene rings is 1. The summed E-state index contributed by atoms with van der Waals surface area (Å²) >= 11 is 5.83. The summed E-state index contributed by atoms with van der Waals surface area (Å²) in [6, 6.07) is 4.45. The summed E-state index contributed by atoms with van der Waals surface area (Å²) in [5.41, 5.74) is 0.803. The van der Waals surface area contributed by atoms with Crippen molar-refractivity contribution in [3.63, 3.8) is 0 Å². The van der Waals surface area contributed by atoms with Crippen molar-refractivity contribution in [1.29, 1.82) is 0 Å². The Morgan fingerprint density at radius 1 is 1.47 bits per heavy atom. The molecule has 3 heteroatoms. The Morgan fingerprint density at radius 2 is 2.13 bits per heavy atom. The summed E-state index contributed by atoms with van der Waals surface area (Å²) < 4.78 is 13.4. The van der Waals surface area contributed by atoms with E-state index in [1.165, 1.54) is 18.2 Å². The van der Waals surface area contributed by atoms with Gasteiger partial charge in [0.1, 0.15) is 12.1 Å². The molecule has 1 aromatic carbocycles. The molecule has 0 aromatic heterocycles. The van der Waals surface area contributed by atoms with Crippen LogP contribution >= 0.6 is 11.6 Å². The average molecular weight is 227 g/mol. The van der Waals surface area contributed by atoms with Crippen molar-refractivity contribution in [2.45, 2.75) is 13.8 Å². The molecular weight excluding hydrogens is 215 g/mol. The van der Waals surface area contributed by atoms with Crippen LogP contribution < -0.4 is 0 Å². The highest BCUT2D eigenvalue weighted by atomic mass is 35.5. The van der Waals surface area contributed by atoms with E-state index in [0.29, 0.717) is 10.6 Å². The molecule has 0 bridgehead atoms. The van der Waals surface area contributed by atoms with E-state index in [-0.39, 0.29) is 11.5 Å². The molecule has 1 aromatic rings. The van der Waals surface area contributed by atoms with Crippen molar-refractivity contribution in [2.24, 2.45) is 5.92 Å². The number of hydrogen-bond acceptors (Lipinski definition) is 1. The lowest BCUT2D eigenvalue weighted by Gasteiger charge is -2.05. The van der Waals surface area contributed by atoms with Crippen LogP contribution in [0.25, 0.3) is 6.08 Å². The quantitative estimate of drug-likeness (QED) is 0.567. The Labute approximate surface area is 93.6 Å². The van der Waals surface area contributed by atoms with Crippen molar-refractivity contribution in [2.75, 3.05) is 0 Å². The lowest BCUT2D eigenvalue weighted by molar-refractivity contribution is -0.105. The molecular formula is C12H12ClFO. The van der Waals surface area contributed by atoms with Gasteiger partial charge in [-0.15, -0.1) is 0 Å². The zero-order valence-corrected chi connectivity index (χ0v) is 9.38. The monoisotopic (exact) mass is 226 g/mol. The maximum absolute atomic E-state index is 13.4. The summed E-state index contributed by atoms with van der Waals surface area (Å²) in [6.45, 7) is 3.74. The van der Waals surface area contributed by atoms with Crippen LogP contribution in [-0.2, 0) is 4.79 Å². The number of allylic oxidation sites excluding steroid dienone is 1. The van der Waals surface area contributed by atoms with E-state index in [1.807, 2.05) is 13.8 Å². The molecule has 0 atom stereocenters. The first kappa shape index (κ1) is 11.9. The predicted octanol–water partition coefficient (Wildman–Crippen LogP) is 3.72. The van der Waals surface area contributed by atoms with Gasteiger partial charge in [0, 0.05) is 5.56 Å². The summed E-state index contributed by atoms with van der Waals surface area (Å²) in [7, 11) is 0. The molecule has 0 heterocycles. The van der Waals surface area contributed by atoms with Crippen LogP contribution in [0.2, 0.25) is 5.02 Å². The molecule has 0 aliphatic rings. The minimum Gasteiger partial charge on any atom is -0.298 e. The van der Waals surface area contributed by atoms with Crippen LogP contribution in [0.3, 0.4) is 0 Å². The van der Waals surface area contributed by atoms with Crippen LogP contribution in [0, 0.1) is 11.7 Å².